The quantitative estimate of drug-likeness (QED) is 0.781. The van der Waals surface area contributed by atoms with Gasteiger partial charge in [-0.2, -0.15) is 0 Å². The Morgan fingerprint density at radius 2 is 1.71 bits per heavy atom. The number of ether oxygens (including phenoxy) is 2. The van der Waals surface area contributed by atoms with Gasteiger partial charge in [-0.25, -0.2) is 0 Å². The molecule has 4 rings (SSSR count). The number of carbonyl (C=O) groups is 3. The molecule has 0 radical (unpaired) electrons. The van der Waals surface area contributed by atoms with E-state index in [-0.39, 0.29) is 18.9 Å². The second kappa shape index (κ2) is 7.59. The second-order valence-electron chi connectivity index (χ2n) is 6.54. The summed E-state index contributed by atoms with van der Waals surface area (Å²) in [5.41, 5.74) is 5.87. The Morgan fingerprint density at radius 3 is 2.50 bits per heavy atom. The zero-order valence-electron chi connectivity index (χ0n) is 15.0. The molecule has 2 aliphatic heterocycles. The Hall–Kier alpha value is -3.55. The first-order chi connectivity index (χ1) is 13.6. The van der Waals surface area contributed by atoms with Crippen LogP contribution in [-0.2, 0) is 9.59 Å². The van der Waals surface area contributed by atoms with Crippen molar-refractivity contribution in [2.45, 2.75) is 6.42 Å². The average Bonchev–Trinajstić information content (AvgIpc) is 3.13. The molecular formula is C20H19N3O5. The van der Waals surface area contributed by atoms with E-state index in [9.17, 15) is 14.4 Å². The van der Waals surface area contributed by atoms with Gasteiger partial charge < -0.3 is 14.4 Å². The Balaban J connectivity index is 1.37. The highest BCUT2D eigenvalue weighted by Crippen LogP contribution is 2.35. The summed E-state index contributed by atoms with van der Waals surface area (Å²) >= 11 is 0. The third-order valence-corrected chi connectivity index (χ3v) is 4.67. The maximum Gasteiger partial charge on any atom is 0.269 e. The van der Waals surface area contributed by atoms with E-state index in [1.807, 2.05) is 0 Å². The van der Waals surface area contributed by atoms with Crippen LogP contribution < -0.4 is 25.2 Å². The van der Waals surface area contributed by atoms with E-state index in [1.54, 1.807) is 53.4 Å². The van der Waals surface area contributed by atoms with Crippen LogP contribution in [0.4, 0.5) is 5.69 Å². The van der Waals surface area contributed by atoms with E-state index in [4.69, 9.17) is 9.47 Å². The number of nitrogens with zero attached hydrogens (tertiary/aromatic N) is 1. The number of hydrazine groups is 1. The van der Waals surface area contributed by atoms with Crippen molar-refractivity contribution in [3.05, 3.63) is 54.1 Å². The summed E-state index contributed by atoms with van der Waals surface area (Å²) in [5.74, 6) is -0.318. The molecule has 0 spiro atoms. The third-order valence-electron chi connectivity index (χ3n) is 4.67. The number of rotatable bonds is 3. The molecule has 2 aliphatic rings. The maximum absolute atomic E-state index is 12.4. The molecule has 28 heavy (non-hydrogen) atoms. The van der Waals surface area contributed by atoms with Crippen molar-refractivity contribution in [3.8, 4) is 11.5 Å². The fourth-order valence-electron chi connectivity index (χ4n) is 3.21. The number of anilines is 1. The summed E-state index contributed by atoms with van der Waals surface area (Å²) in [7, 11) is 0. The van der Waals surface area contributed by atoms with Gasteiger partial charge in [0.2, 0.25) is 11.8 Å². The van der Waals surface area contributed by atoms with Gasteiger partial charge in [-0.1, -0.05) is 18.2 Å². The van der Waals surface area contributed by atoms with Crippen LogP contribution in [0.15, 0.2) is 48.5 Å². The van der Waals surface area contributed by atoms with Gasteiger partial charge in [-0.05, 0) is 24.3 Å². The van der Waals surface area contributed by atoms with Crippen LogP contribution in [0.3, 0.4) is 0 Å². The van der Waals surface area contributed by atoms with Gasteiger partial charge in [0.25, 0.3) is 5.91 Å². The van der Waals surface area contributed by atoms with Crippen LogP contribution >= 0.6 is 0 Å². The number of fused-ring (bicyclic) bond motifs is 1. The lowest BCUT2D eigenvalue weighted by Gasteiger charge is -2.22. The molecule has 2 aromatic carbocycles. The van der Waals surface area contributed by atoms with Crippen LogP contribution in [0.2, 0.25) is 0 Å². The molecule has 8 nitrogen and oxygen atoms in total. The molecule has 0 saturated carbocycles. The van der Waals surface area contributed by atoms with E-state index >= 15 is 0 Å². The molecule has 1 fully saturated rings. The lowest BCUT2D eigenvalue weighted by molar-refractivity contribution is -0.126. The average molecular weight is 381 g/mol. The van der Waals surface area contributed by atoms with Gasteiger partial charge >= 0.3 is 0 Å². The number of hydrogen-bond acceptors (Lipinski definition) is 5. The Kier molecular flexibility index (Phi) is 4.84. The Morgan fingerprint density at radius 1 is 0.964 bits per heavy atom. The molecule has 8 heteroatoms. The minimum atomic E-state index is -0.559. The molecule has 0 unspecified atom stereocenters. The predicted molar refractivity (Wildman–Crippen MR) is 99.9 cm³/mol. The standard InChI is InChI=1S/C20H19N3O5/c24-18-10-14(20(26)22-21-19(25)13-4-2-1-3-5-13)12-23(18)15-6-7-16-17(11-15)28-9-8-27-16/h1-7,11,14H,8-10,12H2,(H,21,25)(H,22,26)/t14-/m0/s1. The van der Waals surface area contributed by atoms with Crippen LogP contribution in [0.1, 0.15) is 16.8 Å². The fourth-order valence-corrected chi connectivity index (χ4v) is 3.21. The van der Waals surface area contributed by atoms with Crippen molar-refractivity contribution >= 4 is 23.4 Å². The fraction of sp³-hybridized carbons (Fsp3) is 0.250. The van der Waals surface area contributed by atoms with Crippen LogP contribution in [0, 0.1) is 5.92 Å². The highest BCUT2D eigenvalue weighted by atomic mass is 16.6. The van der Waals surface area contributed by atoms with Crippen LogP contribution in [0.25, 0.3) is 0 Å². The van der Waals surface area contributed by atoms with E-state index in [2.05, 4.69) is 10.9 Å². The SMILES string of the molecule is O=C(NNC(=O)[C@H]1CC(=O)N(c2ccc3c(c2)OCCO3)C1)c1ccccc1. The minimum absolute atomic E-state index is 0.0709. The number of hydrogen-bond donors (Lipinski definition) is 2. The van der Waals surface area contributed by atoms with Crippen molar-refractivity contribution in [1.82, 2.24) is 10.9 Å². The smallest absolute Gasteiger partial charge is 0.269 e. The predicted octanol–water partition coefficient (Wildman–Crippen LogP) is 1.27. The molecular weight excluding hydrogens is 362 g/mol. The maximum atomic E-state index is 12.4. The Labute approximate surface area is 161 Å². The first-order valence-electron chi connectivity index (χ1n) is 8.97. The molecule has 1 atom stereocenters. The highest BCUT2D eigenvalue weighted by molar-refractivity contribution is 6.01. The molecule has 3 amide bonds. The van der Waals surface area contributed by atoms with Crippen molar-refractivity contribution in [2.24, 2.45) is 5.92 Å². The molecule has 0 bridgehead atoms. The number of benzene rings is 2. The normalized spacial score (nSPS) is 17.9. The number of amides is 3. The zero-order valence-corrected chi connectivity index (χ0v) is 15.0. The monoisotopic (exact) mass is 381 g/mol. The van der Waals surface area contributed by atoms with Gasteiger partial charge in [-0.15, -0.1) is 0 Å². The van der Waals surface area contributed by atoms with Gasteiger partial charge in [-0.3, -0.25) is 25.2 Å². The van der Waals surface area contributed by atoms with Gasteiger partial charge in [0.1, 0.15) is 13.2 Å². The Bertz CT molecular complexity index is 915. The van der Waals surface area contributed by atoms with Gasteiger partial charge in [0.15, 0.2) is 11.5 Å². The van der Waals surface area contributed by atoms with Crippen LogP contribution in [0.5, 0.6) is 11.5 Å². The molecule has 0 aromatic heterocycles. The lowest BCUT2D eigenvalue weighted by Crippen LogP contribution is -2.45. The third kappa shape index (κ3) is 3.62. The molecule has 1 saturated heterocycles. The minimum Gasteiger partial charge on any atom is -0.486 e. The summed E-state index contributed by atoms with van der Waals surface area (Å²) in [6.45, 7) is 1.17. The molecule has 2 heterocycles. The van der Waals surface area contributed by atoms with Crippen molar-refractivity contribution in [1.29, 1.82) is 0 Å². The largest absolute Gasteiger partial charge is 0.486 e. The first-order valence-corrected chi connectivity index (χ1v) is 8.97. The molecule has 2 N–H and O–H groups in total. The molecule has 144 valence electrons. The second-order valence-corrected chi connectivity index (χ2v) is 6.54. The van der Waals surface area contributed by atoms with E-state index in [0.717, 1.165) is 0 Å². The van der Waals surface area contributed by atoms with E-state index < -0.39 is 17.7 Å². The van der Waals surface area contributed by atoms with E-state index in [1.165, 1.54) is 0 Å². The summed E-state index contributed by atoms with van der Waals surface area (Å²) in [6, 6.07) is 13.8. The first kappa shape index (κ1) is 17.8. The summed E-state index contributed by atoms with van der Waals surface area (Å²) < 4.78 is 11.0. The van der Waals surface area contributed by atoms with E-state index in [0.29, 0.717) is 36.0 Å². The molecule has 2 aromatic rings. The zero-order chi connectivity index (χ0) is 19.5. The number of carbonyl (C=O) groups excluding carboxylic acids is 3. The molecule has 0 aliphatic carbocycles. The summed E-state index contributed by atoms with van der Waals surface area (Å²) in [6.07, 6.45) is 0.0709. The van der Waals surface area contributed by atoms with Crippen molar-refractivity contribution in [2.75, 3.05) is 24.7 Å². The highest BCUT2D eigenvalue weighted by Gasteiger charge is 2.35. The topological polar surface area (TPSA) is 97.0 Å². The van der Waals surface area contributed by atoms with Gasteiger partial charge in [0, 0.05) is 30.3 Å². The lowest BCUT2D eigenvalue weighted by atomic mass is 10.1. The summed E-state index contributed by atoms with van der Waals surface area (Å²) in [4.78, 5) is 38.4. The van der Waals surface area contributed by atoms with Crippen molar-refractivity contribution < 1.29 is 23.9 Å². The number of nitrogens with one attached hydrogen (secondary N) is 2. The van der Waals surface area contributed by atoms with Crippen LogP contribution in [-0.4, -0.2) is 37.5 Å². The van der Waals surface area contributed by atoms with Crippen molar-refractivity contribution in [3.63, 3.8) is 0 Å². The summed E-state index contributed by atoms with van der Waals surface area (Å²) in [5, 5.41) is 0. The van der Waals surface area contributed by atoms with Gasteiger partial charge in [0.05, 0.1) is 5.92 Å².